The van der Waals surface area contributed by atoms with E-state index in [0.29, 0.717) is 5.56 Å². The normalized spacial score (nSPS) is 19.2. The molecule has 3 N–H and O–H groups in total. The number of likely N-dealkylation sites (tertiary alicyclic amines) is 1. The third-order valence-electron chi connectivity index (χ3n) is 2.99. The molecule has 18 heavy (non-hydrogen) atoms. The Bertz CT molecular complexity index is 499. The summed E-state index contributed by atoms with van der Waals surface area (Å²) in [6, 6.07) is 4.10. The molecular formula is C12H13NO5. The molecule has 0 unspecified atom stereocenters. The molecular weight excluding hydrogens is 238 g/mol. The SMILES string of the molecule is O=C(O)[C@@H]1CC(=O)N(Cc2ccc(O)cc2O)C1. The van der Waals surface area contributed by atoms with Gasteiger partial charge in [0.1, 0.15) is 11.5 Å². The number of carboxylic acid groups (broad SMARTS) is 1. The van der Waals surface area contributed by atoms with Crippen LogP contribution in [0, 0.1) is 5.92 Å². The average molecular weight is 251 g/mol. The minimum atomic E-state index is -0.985. The van der Waals surface area contributed by atoms with Gasteiger partial charge >= 0.3 is 5.97 Å². The van der Waals surface area contributed by atoms with Crippen molar-refractivity contribution >= 4 is 11.9 Å². The van der Waals surface area contributed by atoms with Gasteiger partial charge in [0, 0.05) is 31.1 Å². The Morgan fingerprint density at radius 3 is 2.67 bits per heavy atom. The van der Waals surface area contributed by atoms with E-state index in [-0.39, 0.29) is 36.9 Å². The quantitative estimate of drug-likeness (QED) is 0.728. The van der Waals surface area contributed by atoms with E-state index in [1.54, 1.807) is 0 Å². The van der Waals surface area contributed by atoms with E-state index in [1.807, 2.05) is 0 Å². The number of aromatic hydroxyl groups is 2. The Morgan fingerprint density at radius 2 is 2.11 bits per heavy atom. The molecule has 1 aromatic rings. The Balaban J connectivity index is 2.10. The molecule has 1 fully saturated rings. The minimum Gasteiger partial charge on any atom is -0.508 e. The van der Waals surface area contributed by atoms with Gasteiger partial charge in [-0.25, -0.2) is 0 Å². The highest BCUT2D eigenvalue weighted by atomic mass is 16.4. The van der Waals surface area contributed by atoms with Crippen LogP contribution in [-0.4, -0.2) is 38.6 Å². The summed E-state index contributed by atoms with van der Waals surface area (Å²) in [5.41, 5.74) is 0.479. The standard InChI is InChI=1S/C12H13NO5/c14-9-2-1-7(10(15)4-9)5-13-6-8(12(17)18)3-11(13)16/h1-2,4,8,14-15H,3,5-6H2,(H,17,18)/t8-/m1/s1. The van der Waals surface area contributed by atoms with Gasteiger partial charge in [0.25, 0.3) is 0 Å². The predicted octanol–water partition coefficient (Wildman–Crippen LogP) is 0.531. The molecule has 1 aromatic carbocycles. The fraction of sp³-hybridized carbons (Fsp3) is 0.333. The fourth-order valence-corrected chi connectivity index (χ4v) is 1.98. The summed E-state index contributed by atoms with van der Waals surface area (Å²) in [4.78, 5) is 23.8. The van der Waals surface area contributed by atoms with Crippen molar-refractivity contribution in [3.63, 3.8) is 0 Å². The lowest BCUT2D eigenvalue weighted by Crippen LogP contribution is -2.25. The van der Waals surface area contributed by atoms with Gasteiger partial charge in [-0.15, -0.1) is 0 Å². The molecule has 0 radical (unpaired) electrons. The molecule has 0 saturated carbocycles. The molecule has 0 aliphatic carbocycles. The summed E-state index contributed by atoms with van der Waals surface area (Å²) >= 11 is 0. The second kappa shape index (κ2) is 4.56. The summed E-state index contributed by atoms with van der Waals surface area (Å²) < 4.78 is 0. The molecule has 6 nitrogen and oxygen atoms in total. The number of carbonyl (C=O) groups excluding carboxylic acids is 1. The van der Waals surface area contributed by atoms with Crippen LogP contribution in [0.25, 0.3) is 0 Å². The highest BCUT2D eigenvalue weighted by Crippen LogP contribution is 2.26. The van der Waals surface area contributed by atoms with Crippen LogP contribution in [0.2, 0.25) is 0 Å². The predicted molar refractivity (Wildman–Crippen MR) is 60.9 cm³/mol. The zero-order chi connectivity index (χ0) is 13.3. The van der Waals surface area contributed by atoms with E-state index in [2.05, 4.69) is 0 Å². The van der Waals surface area contributed by atoms with Crippen molar-refractivity contribution in [2.45, 2.75) is 13.0 Å². The zero-order valence-electron chi connectivity index (χ0n) is 9.54. The molecule has 1 aliphatic rings. The van der Waals surface area contributed by atoms with E-state index < -0.39 is 11.9 Å². The minimum absolute atomic E-state index is 0.00577. The molecule has 1 heterocycles. The molecule has 1 atom stereocenters. The number of aliphatic carboxylic acids is 1. The van der Waals surface area contributed by atoms with Crippen molar-refractivity contribution in [2.75, 3.05) is 6.54 Å². The zero-order valence-corrected chi connectivity index (χ0v) is 9.54. The van der Waals surface area contributed by atoms with E-state index in [9.17, 15) is 14.7 Å². The van der Waals surface area contributed by atoms with Crippen LogP contribution >= 0.6 is 0 Å². The smallest absolute Gasteiger partial charge is 0.308 e. The van der Waals surface area contributed by atoms with Crippen molar-refractivity contribution in [3.8, 4) is 11.5 Å². The van der Waals surface area contributed by atoms with Crippen LogP contribution in [0.3, 0.4) is 0 Å². The van der Waals surface area contributed by atoms with Crippen LogP contribution in [0.4, 0.5) is 0 Å². The maximum absolute atomic E-state index is 11.6. The second-order valence-electron chi connectivity index (χ2n) is 4.33. The van der Waals surface area contributed by atoms with Gasteiger partial charge in [-0.05, 0) is 12.1 Å². The number of hydrogen-bond acceptors (Lipinski definition) is 4. The summed E-state index contributed by atoms with van der Waals surface area (Å²) in [6.45, 7) is 0.295. The molecule has 1 amide bonds. The summed E-state index contributed by atoms with van der Waals surface area (Å²) in [7, 11) is 0. The van der Waals surface area contributed by atoms with Gasteiger partial charge in [0.05, 0.1) is 5.92 Å². The Kier molecular flexibility index (Phi) is 3.10. The molecule has 6 heteroatoms. The number of phenols is 2. The maximum Gasteiger partial charge on any atom is 0.308 e. The average Bonchev–Trinajstić information content (AvgIpc) is 2.64. The number of carboxylic acids is 1. The topological polar surface area (TPSA) is 98.1 Å². The number of nitrogens with zero attached hydrogens (tertiary/aromatic N) is 1. The van der Waals surface area contributed by atoms with E-state index in [1.165, 1.54) is 23.1 Å². The van der Waals surface area contributed by atoms with E-state index in [0.717, 1.165) is 0 Å². The van der Waals surface area contributed by atoms with Crippen LogP contribution < -0.4 is 0 Å². The van der Waals surface area contributed by atoms with Crippen molar-refractivity contribution in [1.29, 1.82) is 0 Å². The first-order chi connectivity index (χ1) is 8.47. The van der Waals surface area contributed by atoms with Crippen LogP contribution in [-0.2, 0) is 16.1 Å². The molecule has 2 rings (SSSR count). The molecule has 0 aromatic heterocycles. The Hall–Kier alpha value is -2.24. The first kappa shape index (κ1) is 12.2. The third-order valence-corrected chi connectivity index (χ3v) is 2.99. The summed E-state index contributed by atoms with van der Waals surface area (Å²) in [6.07, 6.45) is -0.00577. The highest BCUT2D eigenvalue weighted by molar-refractivity contribution is 5.86. The first-order valence-corrected chi connectivity index (χ1v) is 5.49. The molecule has 1 aliphatic heterocycles. The van der Waals surface area contributed by atoms with Crippen LogP contribution in [0.5, 0.6) is 11.5 Å². The summed E-state index contributed by atoms with van der Waals surface area (Å²) in [5, 5.41) is 27.6. The van der Waals surface area contributed by atoms with Crippen LogP contribution in [0.15, 0.2) is 18.2 Å². The lowest BCUT2D eigenvalue weighted by Gasteiger charge is -2.16. The summed E-state index contributed by atoms with van der Waals surface area (Å²) in [5.74, 6) is -2.08. The van der Waals surface area contributed by atoms with Gasteiger partial charge in [-0.3, -0.25) is 9.59 Å². The van der Waals surface area contributed by atoms with Gasteiger partial charge in [-0.2, -0.15) is 0 Å². The lowest BCUT2D eigenvalue weighted by atomic mass is 10.1. The van der Waals surface area contributed by atoms with E-state index >= 15 is 0 Å². The monoisotopic (exact) mass is 251 g/mol. The van der Waals surface area contributed by atoms with Gasteiger partial charge in [0.2, 0.25) is 5.91 Å². The third kappa shape index (κ3) is 2.37. The highest BCUT2D eigenvalue weighted by Gasteiger charge is 2.34. The van der Waals surface area contributed by atoms with E-state index in [4.69, 9.17) is 10.2 Å². The van der Waals surface area contributed by atoms with Gasteiger partial charge in [0.15, 0.2) is 0 Å². The molecule has 0 spiro atoms. The number of benzene rings is 1. The van der Waals surface area contributed by atoms with Crippen molar-refractivity contribution < 1.29 is 24.9 Å². The lowest BCUT2D eigenvalue weighted by molar-refractivity contribution is -0.141. The number of phenolic OH excluding ortho intramolecular Hbond substituents is 2. The molecule has 0 bridgehead atoms. The largest absolute Gasteiger partial charge is 0.508 e. The fourth-order valence-electron chi connectivity index (χ4n) is 1.98. The molecule has 96 valence electrons. The number of amides is 1. The first-order valence-electron chi connectivity index (χ1n) is 5.49. The van der Waals surface area contributed by atoms with Gasteiger partial charge in [-0.1, -0.05) is 0 Å². The van der Waals surface area contributed by atoms with Crippen molar-refractivity contribution in [1.82, 2.24) is 4.90 Å². The maximum atomic E-state index is 11.6. The van der Waals surface area contributed by atoms with Crippen LogP contribution in [0.1, 0.15) is 12.0 Å². The second-order valence-corrected chi connectivity index (χ2v) is 4.33. The van der Waals surface area contributed by atoms with Crippen molar-refractivity contribution in [2.24, 2.45) is 5.92 Å². The Morgan fingerprint density at radius 1 is 1.39 bits per heavy atom. The number of carbonyl (C=O) groups is 2. The number of hydrogen-bond donors (Lipinski definition) is 3. The van der Waals surface area contributed by atoms with Crippen molar-refractivity contribution in [3.05, 3.63) is 23.8 Å². The van der Waals surface area contributed by atoms with Gasteiger partial charge < -0.3 is 20.2 Å². The Labute approximate surface area is 103 Å². The number of rotatable bonds is 3. The molecule has 1 saturated heterocycles.